The van der Waals surface area contributed by atoms with E-state index in [9.17, 15) is 9.59 Å². The first-order valence-corrected chi connectivity index (χ1v) is 8.72. The number of rotatable bonds is 4. The van der Waals surface area contributed by atoms with E-state index in [1.165, 1.54) is 4.90 Å². The third-order valence-corrected chi connectivity index (χ3v) is 6.05. The topological polar surface area (TPSA) is 80.1 Å². The molecule has 1 amide bonds. The number of carbonyl (C=O) groups excluding carboxylic acids is 2. The van der Waals surface area contributed by atoms with Gasteiger partial charge in [-0.1, -0.05) is 24.3 Å². The highest BCUT2D eigenvalue weighted by Gasteiger charge is 2.57. The molecule has 6 heteroatoms. The van der Waals surface area contributed by atoms with E-state index >= 15 is 0 Å². The summed E-state index contributed by atoms with van der Waals surface area (Å²) < 4.78 is 0. The zero-order valence-electron chi connectivity index (χ0n) is 15.7. The SMILES string of the molecule is [C-]#[N+]C1(C(=O)Cc2cccc([C@@]3(C)N=C(N)N(C)C(=O)C3(C)C)c2)CC1. The van der Waals surface area contributed by atoms with E-state index in [1.54, 1.807) is 7.05 Å². The highest BCUT2D eigenvalue weighted by molar-refractivity contribution is 6.01. The predicted octanol–water partition coefficient (Wildman–Crippen LogP) is 2.28. The maximum absolute atomic E-state index is 12.8. The number of carbonyl (C=O) groups is 2. The minimum atomic E-state index is -0.837. The van der Waals surface area contributed by atoms with Gasteiger partial charge in [0.1, 0.15) is 5.54 Å². The molecule has 1 fully saturated rings. The molecule has 26 heavy (non-hydrogen) atoms. The summed E-state index contributed by atoms with van der Waals surface area (Å²) in [6, 6.07) is 7.56. The molecule has 1 aromatic carbocycles. The van der Waals surface area contributed by atoms with Gasteiger partial charge in [0.15, 0.2) is 5.96 Å². The third kappa shape index (κ3) is 2.50. The van der Waals surface area contributed by atoms with Crippen molar-refractivity contribution in [1.82, 2.24) is 4.90 Å². The first-order chi connectivity index (χ1) is 12.1. The zero-order chi connectivity index (χ0) is 19.3. The van der Waals surface area contributed by atoms with Gasteiger partial charge in [-0.2, -0.15) is 0 Å². The van der Waals surface area contributed by atoms with Crippen LogP contribution in [0.3, 0.4) is 0 Å². The lowest BCUT2D eigenvalue weighted by molar-refractivity contribution is -0.140. The first-order valence-electron chi connectivity index (χ1n) is 8.72. The van der Waals surface area contributed by atoms with Crippen LogP contribution in [0.15, 0.2) is 29.3 Å². The normalized spacial score (nSPS) is 26.0. The van der Waals surface area contributed by atoms with Crippen LogP contribution in [-0.4, -0.2) is 35.1 Å². The number of ketones is 1. The van der Waals surface area contributed by atoms with Gasteiger partial charge in [0.25, 0.3) is 5.54 Å². The molecule has 1 saturated carbocycles. The number of guanidine groups is 1. The number of hydrogen-bond donors (Lipinski definition) is 1. The second-order valence-electron chi connectivity index (χ2n) is 7.98. The summed E-state index contributed by atoms with van der Waals surface area (Å²) >= 11 is 0. The molecule has 1 aliphatic carbocycles. The van der Waals surface area contributed by atoms with Crippen molar-refractivity contribution < 1.29 is 9.59 Å². The quantitative estimate of drug-likeness (QED) is 0.844. The van der Waals surface area contributed by atoms with Crippen LogP contribution in [0.2, 0.25) is 0 Å². The van der Waals surface area contributed by atoms with Crippen molar-refractivity contribution >= 4 is 17.6 Å². The van der Waals surface area contributed by atoms with Crippen LogP contribution in [-0.2, 0) is 21.5 Å². The summed E-state index contributed by atoms with van der Waals surface area (Å²) in [6.07, 6.45) is 1.53. The monoisotopic (exact) mass is 352 g/mol. The van der Waals surface area contributed by atoms with Gasteiger partial charge in [-0.25, -0.2) is 11.6 Å². The molecule has 1 aliphatic heterocycles. The second kappa shape index (κ2) is 5.66. The standard InChI is InChI=1S/C20H24N4O2/c1-18(2)16(26)24(5)17(21)23-19(18,3)14-8-6-7-13(11-14)12-15(25)20(22-4)9-10-20/h6-8,11H,9-10,12H2,1-3,5H3,(H2,21,23)/t19-/m1/s1. The van der Waals surface area contributed by atoms with Gasteiger partial charge in [0.05, 0.1) is 5.41 Å². The summed E-state index contributed by atoms with van der Waals surface area (Å²) in [7, 11) is 1.62. The Morgan fingerprint density at radius 1 is 1.35 bits per heavy atom. The van der Waals surface area contributed by atoms with Gasteiger partial charge in [-0.15, -0.1) is 0 Å². The Labute approximate surface area is 153 Å². The Kier molecular flexibility index (Phi) is 3.95. The van der Waals surface area contributed by atoms with Crippen LogP contribution in [0.5, 0.6) is 0 Å². The Morgan fingerprint density at radius 2 is 2.00 bits per heavy atom. The second-order valence-corrected chi connectivity index (χ2v) is 7.98. The van der Waals surface area contributed by atoms with Crippen molar-refractivity contribution in [1.29, 1.82) is 0 Å². The molecular formula is C20H24N4O2. The van der Waals surface area contributed by atoms with Crippen LogP contribution in [0.25, 0.3) is 4.85 Å². The molecule has 136 valence electrons. The van der Waals surface area contributed by atoms with E-state index in [4.69, 9.17) is 12.3 Å². The first kappa shape index (κ1) is 18.1. The van der Waals surface area contributed by atoms with Crippen molar-refractivity contribution in [3.8, 4) is 0 Å². The number of nitrogens with two attached hydrogens (primary N) is 1. The van der Waals surface area contributed by atoms with Crippen LogP contribution >= 0.6 is 0 Å². The fourth-order valence-electron chi connectivity index (χ4n) is 3.51. The fourth-order valence-corrected chi connectivity index (χ4v) is 3.51. The van der Waals surface area contributed by atoms with Crippen molar-refractivity contribution in [2.75, 3.05) is 7.05 Å². The summed E-state index contributed by atoms with van der Waals surface area (Å²) in [6.45, 7) is 12.9. The molecule has 1 heterocycles. The van der Waals surface area contributed by atoms with E-state index in [0.717, 1.165) is 11.1 Å². The van der Waals surface area contributed by atoms with Gasteiger partial charge < -0.3 is 10.6 Å². The molecule has 1 atom stereocenters. The minimum Gasteiger partial charge on any atom is -0.369 e. The summed E-state index contributed by atoms with van der Waals surface area (Å²) in [4.78, 5) is 34.7. The number of benzene rings is 1. The van der Waals surface area contributed by atoms with Crippen LogP contribution in [0.1, 0.15) is 44.7 Å². The summed E-state index contributed by atoms with van der Waals surface area (Å²) in [5, 5.41) is 0. The van der Waals surface area contributed by atoms with Gasteiger partial charge in [0, 0.05) is 26.3 Å². The highest BCUT2D eigenvalue weighted by atomic mass is 16.2. The van der Waals surface area contributed by atoms with Crippen molar-refractivity contribution in [2.24, 2.45) is 16.1 Å². The molecule has 0 aromatic heterocycles. The predicted molar refractivity (Wildman–Crippen MR) is 99.2 cm³/mol. The molecule has 0 bridgehead atoms. The van der Waals surface area contributed by atoms with Crippen molar-refractivity contribution in [3.63, 3.8) is 0 Å². The fraction of sp³-hybridized carbons (Fsp3) is 0.500. The lowest BCUT2D eigenvalue weighted by Crippen LogP contribution is -2.58. The highest BCUT2D eigenvalue weighted by Crippen LogP contribution is 2.47. The Morgan fingerprint density at radius 3 is 2.58 bits per heavy atom. The van der Waals surface area contributed by atoms with Crippen LogP contribution < -0.4 is 5.73 Å². The lowest BCUT2D eigenvalue weighted by Gasteiger charge is -2.46. The maximum atomic E-state index is 12.8. The number of hydrogen-bond acceptors (Lipinski definition) is 4. The van der Waals surface area contributed by atoms with Crippen molar-refractivity contribution in [3.05, 3.63) is 46.8 Å². The molecular weight excluding hydrogens is 328 g/mol. The lowest BCUT2D eigenvalue weighted by atomic mass is 9.67. The van der Waals surface area contributed by atoms with Gasteiger partial charge in [-0.3, -0.25) is 14.5 Å². The number of nitrogens with zero attached hydrogens (tertiary/aromatic N) is 3. The van der Waals surface area contributed by atoms with Crippen LogP contribution in [0.4, 0.5) is 0 Å². The van der Waals surface area contributed by atoms with E-state index in [2.05, 4.69) is 9.84 Å². The van der Waals surface area contributed by atoms with Crippen molar-refractivity contribution in [2.45, 2.75) is 51.1 Å². The van der Waals surface area contributed by atoms with Crippen LogP contribution in [0, 0.1) is 12.0 Å². The van der Waals surface area contributed by atoms with Gasteiger partial charge in [0.2, 0.25) is 11.7 Å². The van der Waals surface area contributed by atoms with E-state index in [1.807, 2.05) is 45.0 Å². The molecule has 1 aromatic rings. The molecule has 0 spiro atoms. The molecule has 0 unspecified atom stereocenters. The molecule has 0 radical (unpaired) electrons. The van der Waals surface area contributed by atoms with Gasteiger partial charge in [-0.05, 0) is 31.9 Å². The Bertz CT molecular complexity index is 861. The smallest absolute Gasteiger partial charge is 0.290 e. The molecule has 6 nitrogen and oxygen atoms in total. The number of Topliss-reactive ketones (excluding diaryl/α,β-unsaturated/α-hetero) is 1. The zero-order valence-corrected chi connectivity index (χ0v) is 15.7. The summed E-state index contributed by atoms with van der Waals surface area (Å²) in [5.41, 5.74) is 5.22. The summed E-state index contributed by atoms with van der Waals surface area (Å²) in [5.74, 6) is 0.0543. The van der Waals surface area contributed by atoms with E-state index in [-0.39, 0.29) is 24.1 Å². The van der Waals surface area contributed by atoms with E-state index < -0.39 is 16.5 Å². The number of aliphatic imine (C=N–C) groups is 1. The molecule has 2 aliphatic rings. The minimum absolute atomic E-state index is 0.0310. The Hall–Kier alpha value is -2.68. The molecule has 2 N–H and O–H groups in total. The van der Waals surface area contributed by atoms with E-state index in [0.29, 0.717) is 12.8 Å². The maximum Gasteiger partial charge on any atom is 0.290 e. The average Bonchev–Trinajstić information content (AvgIpc) is 3.40. The Balaban J connectivity index is 1.98. The number of amides is 1. The average molecular weight is 352 g/mol. The third-order valence-electron chi connectivity index (χ3n) is 6.05. The molecule has 0 saturated heterocycles. The van der Waals surface area contributed by atoms with Gasteiger partial charge >= 0.3 is 0 Å². The molecule has 3 rings (SSSR count). The largest absolute Gasteiger partial charge is 0.369 e.